The molecule has 0 spiro atoms. The van der Waals surface area contributed by atoms with Gasteiger partial charge in [0.2, 0.25) is 0 Å². The molecule has 0 N–H and O–H groups in total. The Morgan fingerprint density at radius 2 is 1.62 bits per heavy atom. The molecule has 74 valence electrons. The van der Waals surface area contributed by atoms with Crippen LogP contribution in [0.1, 0.15) is 20.8 Å². The van der Waals surface area contributed by atoms with E-state index in [2.05, 4.69) is 32.6 Å². The van der Waals surface area contributed by atoms with Crippen LogP contribution in [0.25, 0.3) is 0 Å². The second-order valence-electron chi connectivity index (χ2n) is 4.61. The molecule has 0 fully saturated rings. The summed E-state index contributed by atoms with van der Waals surface area (Å²) in [6.45, 7) is 6.34. The van der Waals surface area contributed by atoms with Gasteiger partial charge in [-0.2, -0.15) is 0 Å². The molecule has 0 aromatic rings. The van der Waals surface area contributed by atoms with Crippen LogP contribution in [0.3, 0.4) is 0 Å². The van der Waals surface area contributed by atoms with Crippen molar-refractivity contribution in [3.05, 3.63) is 0 Å². The van der Waals surface area contributed by atoms with Gasteiger partial charge in [0, 0.05) is 11.3 Å². The first-order valence-corrected chi connectivity index (χ1v) is 4.49. The number of amidine groups is 1. The summed E-state index contributed by atoms with van der Waals surface area (Å²) in [5, 5.41) is 0. The van der Waals surface area contributed by atoms with Gasteiger partial charge in [0.25, 0.3) is 0 Å². The third-order valence-corrected chi connectivity index (χ3v) is 1.40. The van der Waals surface area contributed by atoms with E-state index in [0.29, 0.717) is 0 Å². The van der Waals surface area contributed by atoms with E-state index in [4.69, 9.17) is 0 Å². The lowest BCUT2D eigenvalue weighted by Gasteiger charge is -2.08. The highest BCUT2D eigenvalue weighted by atomic mass is 15.2. The van der Waals surface area contributed by atoms with Gasteiger partial charge in [0.05, 0.1) is 28.2 Å². The molecule has 2 heteroatoms. The van der Waals surface area contributed by atoms with E-state index in [1.54, 1.807) is 0 Å². The fraction of sp³-hybridized carbons (Fsp3) is 0.727. The van der Waals surface area contributed by atoms with Crippen LogP contribution in [0.15, 0.2) is 0 Å². The molecule has 0 saturated carbocycles. The van der Waals surface area contributed by atoms with Crippen molar-refractivity contribution in [3.8, 4) is 11.8 Å². The lowest BCUT2D eigenvalue weighted by Crippen LogP contribution is -2.28. The van der Waals surface area contributed by atoms with E-state index in [1.165, 1.54) is 0 Å². The van der Waals surface area contributed by atoms with E-state index in [1.807, 2.05) is 37.7 Å². The molecular formula is C11H21N2+. The van der Waals surface area contributed by atoms with Crippen molar-refractivity contribution in [1.29, 1.82) is 0 Å². The molecule has 0 aliphatic rings. The van der Waals surface area contributed by atoms with Gasteiger partial charge < -0.3 is 0 Å². The Hall–Kier alpha value is -0.970. The largest absolute Gasteiger partial charge is 0.324 e. The van der Waals surface area contributed by atoms with Crippen LogP contribution < -0.4 is 0 Å². The zero-order valence-corrected chi connectivity index (χ0v) is 9.89. The van der Waals surface area contributed by atoms with Gasteiger partial charge in [0.1, 0.15) is 0 Å². The van der Waals surface area contributed by atoms with Crippen LogP contribution in [0.5, 0.6) is 0 Å². The Morgan fingerprint density at radius 3 is 1.85 bits per heavy atom. The molecule has 0 aliphatic heterocycles. The predicted molar refractivity (Wildman–Crippen MR) is 58.0 cm³/mol. The van der Waals surface area contributed by atoms with E-state index in [0.717, 1.165) is 5.84 Å². The SMILES string of the molecule is CN(C)C(C#CC(C)(C)C)=[N+](C)C. The van der Waals surface area contributed by atoms with Crippen molar-refractivity contribution in [2.24, 2.45) is 5.41 Å². The number of hydrogen-bond acceptors (Lipinski definition) is 0. The van der Waals surface area contributed by atoms with Crippen molar-refractivity contribution >= 4 is 5.84 Å². The van der Waals surface area contributed by atoms with Gasteiger partial charge in [-0.25, -0.2) is 0 Å². The van der Waals surface area contributed by atoms with E-state index < -0.39 is 0 Å². The highest BCUT2D eigenvalue weighted by Crippen LogP contribution is 2.09. The minimum absolute atomic E-state index is 0.0667. The summed E-state index contributed by atoms with van der Waals surface area (Å²) >= 11 is 0. The lowest BCUT2D eigenvalue weighted by molar-refractivity contribution is -0.468. The number of rotatable bonds is 0. The maximum atomic E-state index is 3.21. The maximum Gasteiger partial charge on any atom is 0.324 e. The molecule has 2 nitrogen and oxygen atoms in total. The average molecular weight is 181 g/mol. The van der Waals surface area contributed by atoms with Gasteiger partial charge in [0.15, 0.2) is 0 Å². The Labute approximate surface area is 82.3 Å². The fourth-order valence-corrected chi connectivity index (χ4v) is 0.867. The average Bonchev–Trinajstić information content (AvgIpc) is 1.82. The molecule has 0 rings (SSSR count). The second kappa shape index (κ2) is 4.32. The normalized spacial score (nSPS) is 10.1. The van der Waals surface area contributed by atoms with Crippen LogP contribution in [-0.4, -0.2) is 43.5 Å². The van der Waals surface area contributed by atoms with Gasteiger partial charge >= 0.3 is 5.84 Å². The summed E-state index contributed by atoms with van der Waals surface area (Å²) in [7, 11) is 8.03. The standard InChI is InChI=1S/C11H21N2/c1-11(2,3)9-8-10(12(4)5)13(6)7/h1-7H3/q+1. The number of nitrogens with zero attached hydrogens (tertiary/aromatic N) is 2. The molecule has 0 aliphatic carbocycles. The Bertz CT molecular complexity index is 252. The monoisotopic (exact) mass is 181 g/mol. The predicted octanol–water partition coefficient (Wildman–Crippen LogP) is 1.27. The van der Waals surface area contributed by atoms with Crippen molar-refractivity contribution in [3.63, 3.8) is 0 Å². The summed E-state index contributed by atoms with van der Waals surface area (Å²) in [6, 6.07) is 0. The first-order chi connectivity index (χ1) is 5.74. The minimum Gasteiger partial charge on any atom is -0.260 e. The van der Waals surface area contributed by atoms with Gasteiger partial charge in [-0.05, 0) is 20.8 Å². The molecule has 0 aromatic carbocycles. The van der Waals surface area contributed by atoms with Crippen molar-refractivity contribution in [2.75, 3.05) is 28.2 Å². The van der Waals surface area contributed by atoms with Crippen molar-refractivity contribution < 1.29 is 4.58 Å². The zero-order chi connectivity index (χ0) is 10.6. The van der Waals surface area contributed by atoms with Crippen molar-refractivity contribution in [2.45, 2.75) is 20.8 Å². The first-order valence-electron chi connectivity index (χ1n) is 4.49. The summed E-state index contributed by atoms with van der Waals surface area (Å²) in [5.41, 5.74) is 0.0667. The molecule has 0 radical (unpaired) electrons. The lowest BCUT2D eigenvalue weighted by atomic mass is 9.98. The van der Waals surface area contributed by atoms with Crippen LogP contribution >= 0.6 is 0 Å². The third kappa shape index (κ3) is 5.30. The minimum atomic E-state index is 0.0667. The highest BCUT2D eigenvalue weighted by molar-refractivity contribution is 5.94. The van der Waals surface area contributed by atoms with Crippen LogP contribution in [0, 0.1) is 17.3 Å². The van der Waals surface area contributed by atoms with Crippen LogP contribution in [0.4, 0.5) is 0 Å². The Morgan fingerprint density at radius 1 is 1.15 bits per heavy atom. The molecule has 0 aromatic heterocycles. The van der Waals surface area contributed by atoms with E-state index in [-0.39, 0.29) is 5.41 Å². The molecule has 0 unspecified atom stereocenters. The molecule has 0 amide bonds. The summed E-state index contributed by atoms with van der Waals surface area (Å²) in [4.78, 5) is 2.03. The maximum absolute atomic E-state index is 3.21. The van der Waals surface area contributed by atoms with Crippen molar-refractivity contribution in [1.82, 2.24) is 4.90 Å². The molecule has 0 bridgehead atoms. The second-order valence-corrected chi connectivity index (χ2v) is 4.61. The van der Waals surface area contributed by atoms with Gasteiger partial charge in [-0.15, -0.1) is 0 Å². The zero-order valence-electron chi connectivity index (χ0n) is 9.89. The molecular weight excluding hydrogens is 160 g/mol. The fourth-order valence-electron chi connectivity index (χ4n) is 0.867. The summed E-state index contributed by atoms with van der Waals surface area (Å²) < 4.78 is 2.03. The van der Waals surface area contributed by atoms with Crippen LogP contribution in [0.2, 0.25) is 0 Å². The molecule has 0 saturated heterocycles. The van der Waals surface area contributed by atoms with Gasteiger partial charge in [-0.1, -0.05) is 5.92 Å². The van der Waals surface area contributed by atoms with E-state index in [9.17, 15) is 0 Å². The molecule has 13 heavy (non-hydrogen) atoms. The highest BCUT2D eigenvalue weighted by Gasteiger charge is 2.09. The smallest absolute Gasteiger partial charge is 0.260 e. The summed E-state index contributed by atoms with van der Waals surface area (Å²) in [6.07, 6.45) is 0. The molecule has 0 atom stereocenters. The Balaban J connectivity index is 4.83. The quantitative estimate of drug-likeness (QED) is 0.236. The third-order valence-electron chi connectivity index (χ3n) is 1.40. The van der Waals surface area contributed by atoms with Gasteiger partial charge in [-0.3, -0.25) is 9.48 Å². The summed E-state index contributed by atoms with van der Waals surface area (Å²) in [5.74, 6) is 7.43. The van der Waals surface area contributed by atoms with E-state index >= 15 is 0 Å². The topological polar surface area (TPSA) is 6.25 Å². The van der Waals surface area contributed by atoms with Crippen LogP contribution in [-0.2, 0) is 0 Å². The first kappa shape index (κ1) is 12.0. The number of hydrogen-bond donors (Lipinski definition) is 0. The molecule has 0 heterocycles. The Kier molecular flexibility index (Phi) is 4.00.